The Hall–Kier alpha value is -0.540. The highest BCUT2D eigenvalue weighted by Crippen LogP contribution is 2.25. The fourth-order valence-corrected chi connectivity index (χ4v) is 2.05. The fraction of sp³-hybridized carbons (Fsp3) is 0.500. The van der Waals surface area contributed by atoms with Crippen LogP contribution in [0, 0.1) is 11.7 Å². The second-order valence-electron chi connectivity index (χ2n) is 4.18. The molecule has 15 heavy (non-hydrogen) atoms. The van der Waals surface area contributed by atoms with E-state index in [2.05, 4.69) is 13.8 Å². The highest BCUT2D eigenvalue weighted by atomic mass is 32.2. The van der Waals surface area contributed by atoms with Crippen LogP contribution in [0.15, 0.2) is 23.1 Å². The SMILES string of the molecule is CC(C)CSc1ccc([C@H](C)N)cc1F. The molecular weight excluding hydrogens is 209 g/mol. The standard InChI is InChI=1S/C12H18FNS/c1-8(2)7-15-12-5-4-10(9(3)14)6-11(12)13/h4-6,8-9H,7,14H2,1-3H3/t9-/m0/s1. The molecule has 1 rings (SSSR count). The van der Waals surface area contributed by atoms with E-state index in [1.54, 1.807) is 11.8 Å². The lowest BCUT2D eigenvalue weighted by Crippen LogP contribution is -2.05. The van der Waals surface area contributed by atoms with E-state index in [1.807, 2.05) is 19.1 Å². The molecule has 0 bridgehead atoms. The van der Waals surface area contributed by atoms with Gasteiger partial charge in [0.2, 0.25) is 0 Å². The zero-order valence-corrected chi connectivity index (χ0v) is 10.3. The summed E-state index contributed by atoms with van der Waals surface area (Å²) in [7, 11) is 0. The van der Waals surface area contributed by atoms with Crippen molar-refractivity contribution >= 4 is 11.8 Å². The number of nitrogens with two attached hydrogens (primary N) is 1. The molecule has 1 aromatic rings. The number of rotatable bonds is 4. The Morgan fingerprint density at radius 2 is 2.00 bits per heavy atom. The van der Waals surface area contributed by atoms with E-state index in [-0.39, 0.29) is 11.9 Å². The van der Waals surface area contributed by atoms with Crippen LogP contribution in [0.3, 0.4) is 0 Å². The van der Waals surface area contributed by atoms with Crippen LogP contribution in [-0.4, -0.2) is 5.75 Å². The molecule has 0 aliphatic carbocycles. The molecule has 0 aromatic heterocycles. The quantitative estimate of drug-likeness (QED) is 0.795. The minimum absolute atomic E-state index is 0.108. The van der Waals surface area contributed by atoms with Crippen LogP contribution in [0.5, 0.6) is 0 Å². The molecule has 0 spiro atoms. The van der Waals surface area contributed by atoms with Gasteiger partial charge < -0.3 is 5.73 Å². The van der Waals surface area contributed by atoms with Gasteiger partial charge in [-0.05, 0) is 30.5 Å². The van der Waals surface area contributed by atoms with Crippen LogP contribution < -0.4 is 5.73 Å². The topological polar surface area (TPSA) is 26.0 Å². The van der Waals surface area contributed by atoms with Gasteiger partial charge in [-0.3, -0.25) is 0 Å². The van der Waals surface area contributed by atoms with E-state index >= 15 is 0 Å². The monoisotopic (exact) mass is 227 g/mol. The van der Waals surface area contributed by atoms with Gasteiger partial charge in [-0.2, -0.15) is 0 Å². The molecule has 1 nitrogen and oxygen atoms in total. The predicted octanol–water partition coefficient (Wildman–Crippen LogP) is 3.59. The first kappa shape index (κ1) is 12.5. The Kier molecular flexibility index (Phi) is 4.61. The molecule has 1 aromatic carbocycles. The van der Waals surface area contributed by atoms with Crippen LogP contribution in [0.4, 0.5) is 4.39 Å². The molecule has 0 aliphatic heterocycles. The van der Waals surface area contributed by atoms with Gasteiger partial charge in [0, 0.05) is 16.7 Å². The molecule has 84 valence electrons. The van der Waals surface area contributed by atoms with Gasteiger partial charge >= 0.3 is 0 Å². The Labute approximate surface area is 95.2 Å². The van der Waals surface area contributed by atoms with Gasteiger partial charge in [-0.25, -0.2) is 4.39 Å². The van der Waals surface area contributed by atoms with Crippen LogP contribution in [-0.2, 0) is 0 Å². The van der Waals surface area contributed by atoms with Crippen molar-refractivity contribution in [3.05, 3.63) is 29.6 Å². The average Bonchev–Trinajstić information content (AvgIpc) is 2.15. The Balaban J connectivity index is 2.75. The summed E-state index contributed by atoms with van der Waals surface area (Å²) in [6.45, 7) is 6.11. The van der Waals surface area contributed by atoms with E-state index in [0.717, 1.165) is 11.3 Å². The van der Waals surface area contributed by atoms with Gasteiger partial charge in [0.25, 0.3) is 0 Å². The molecule has 0 aliphatic rings. The Morgan fingerprint density at radius 3 is 2.47 bits per heavy atom. The van der Waals surface area contributed by atoms with Crippen molar-refractivity contribution in [3.63, 3.8) is 0 Å². The third-order valence-electron chi connectivity index (χ3n) is 2.05. The van der Waals surface area contributed by atoms with E-state index in [0.29, 0.717) is 10.8 Å². The number of hydrogen-bond donors (Lipinski definition) is 1. The number of halogens is 1. The van der Waals surface area contributed by atoms with Gasteiger partial charge in [0.05, 0.1) is 0 Å². The normalized spacial score (nSPS) is 13.2. The van der Waals surface area contributed by atoms with Crippen LogP contribution in [0.25, 0.3) is 0 Å². The Morgan fingerprint density at radius 1 is 1.33 bits per heavy atom. The Bertz CT molecular complexity index is 323. The summed E-state index contributed by atoms with van der Waals surface area (Å²) in [4.78, 5) is 0.716. The lowest BCUT2D eigenvalue weighted by molar-refractivity contribution is 0.596. The predicted molar refractivity (Wildman–Crippen MR) is 64.6 cm³/mol. The molecule has 0 amide bonds. The second kappa shape index (κ2) is 5.52. The third kappa shape index (κ3) is 3.84. The van der Waals surface area contributed by atoms with Crippen LogP contribution in [0.2, 0.25) is 0 Å². The summed E-state index contributed by atoms with van der Waals surface area (Å²) in [6.07, 6.45) is 0. The van der Waals surface area contributed by atoms with Crippen molar-refractivity contribution in [2.75, 3.05) is 5.75 Å². The fourth-order valence-electron chi connectivity index (χ4n) is 1.17. The highest BCUT2D eigenvalue weighted by Gasteiger charge is 2.07. The van der Waals surface area contributed by atoms with Crippen molar-refractivity contribution < 1.29 is 4.39 Å². The summed E-state index contributed by atoms with van der Waals surface area (Å²) in [5.41, 5.74) is 6.53. The van der Waals surface area contributed by atoms with E-state index in [1.165, 1.54) is 6.07 Å². The van der Waals surface area contributed by atoms with Gasteiger partial charge in [-0.1, -0.05) is 19.9 Å². The first-order valence-corrected chi connectivity index (χ1v) is 6.17. The van der Waals surface area contributed by atoms with E-state index in [4.69, 9.17) is 5.73 Å². The van der Waals surface area contributed by atoms with Crippen LogP contribution in [0.1, 0.15) is 32.4 Å². The van der Waals surface area contributed by atoms with Crippen molar-refractivity contribution in [3.8, 4) is 0 Å². The van der Waals surface area contributed by atoms with Gasteiger partial charge in [0.15, 0.2) is 0 Å². The second-order valence-corrected chi connectivity index (χ2v) is 5.25. The molecule has 2 N–H and O–H groups in total. The average molecular weight is 227 g/mol. The maximum absolute atomic E-state index is 13.6. The number of thioether (sulfide) groups is 1. The molecule has 1 atom stereocenters. The number of hydrogen-bond acceptors (Lipinski definition) is 2. The van der Waals surface area contributed by atoms with Crippen molar-refractivity contribution in [1.29, 1.82) is 0 Å². The molecule has 0 saturated heterocycles. The summed E-state index contributed by atoms with van der Waals surface area (Å²) in [6, 6.07) is 5.15. The zero-order chi connectivity index (χ0) is 11.4. The third-order valence-corrected chi connectivity index (χ3v) is 3.53. The number of benzene rings is 1. The minimum Gasteiger partial charge on any atom is -0.324 e. The molecule has 3 heteroatoms. The zero-order valence-electron chi connectivity index (χ0n) is 9.46. The summed E-state index contributed by atoms with van der Waals surface area (Å²) in [5.74, 6) is 1.35. The van der Waals surface area contributed by atoms with Crippen LogP contribution >= 0.6 is 11.8 Å². The largest absolute Gasteiger partial charge is 0.324 e. The van der Waals surface area contributed by atoms with Crippen molar-refractivity contribution in [2.45, 2.75) is 31.7 Å². The maximum Gasteiger partial charge on any atom is 0.137 e. The summed E-state index contributed by atoms with van der Waals surface area (Å²) in [5, 5.41) is 0. The molecular formula is C12H18FNS. The molecule has 0 radical (unpaired) electrons. The molecule has 0 heterocycles. The molecule has 0 unspecified atom stereocenters. The molecule has 0 saturated carbocycles. The first-order valence-electron chi connectivity index (χ1n) is 5.18. The summed E-state index contributed by atoms with van der Waals surface area (Å²) >= 11 is 1.56. The molecule has 0 fully saturated rings. The van der Waals surface area contributed by atoms with Gasteiger partial charge in [-0.15, -0.1) is 11.8 Å². The first-order chi connectivity index (χ1) is 7.00. The van der Waals surface area contributed by atoms with Gasteiger partial charge in [0.1, 0.15) is 5.82 Å². The van der Waals surface area contributed by atoms with Crippen molar-refractivity contribution in [2.24, 2.45) is 11.7 Å². The van der Waals surface area contributed by atoms with E-state index < -0.39 is 0 Å². The maximum atomic E-state index is 13.6. The smallest absolute Gasteiger partial charge is 0.137 e. The lowest BCUT2D eigenvalue weighted by atomic mass is 10.1. The minimum atomic E-state index is -0.157. The lowest BCUT2D eigenvalue weighted by Gasteiger charge is -2.09. The van der Waals surface area contributed by atoms with Crippen molar-refractivity contribution in [1.82, 2.24) is 0 Å². The highest BCUT2D eigenvalue weighted by molar-refractivity contribution is 7.99. The van der Waals surface area contributed by atoms with E-state index in [9.17, 15) is 4.39 Å². The summed E-state index contributed by atoms with van der Waals surface area (Å²) < 4.78 is 13.6.